The standard InChI is InChI=1S/C26H34N4O3/c1-4-20-10-7-8-12-23(20)29-26(33)30-15-13-22(14-16-30)28-25(32)24(27-19(3)31)17-21-11-6-5-9-18(21)2/h5-12,22,24H,4,13-17H2,1-3H3,(H,27,31)(H,28,32)(H,29,33)/t24-/m0/s1. The van der Waals surface area contributed by atoms with Crippen molar-refractivity contribution >= 4 is 23.5 Å². The fourth-order valence-electron chi connectivity index (χ4n) is 4.19. The number of hydrogen-bond acceptors (Lipinski definition) is 3. The lowest BCUT2D eigenvalue weighted by molar-refractivity contribution is -0.128. The third-order valence-electron chi connectivity index (χ3n) is 6.15. The van der Waals surface area contributed by atoms with Crippen LogP contribution >= 0.6 is 0 Å². The van der Waals surface area contributed by atoms with E-state index in [4.69, 9.17) is 0 Å². The Balaban J connectivity index is 1.54. The van der Waals surface area contributed by atoms with Crippen molar-refractivity contribution in [1.82, 2.24) is 15.5 Å². The summed E-state index contributed by atoms with van der Waals surface area (Å²) in [5, 5.41) is 8.88. The smallest absolute Gasteiger partial charge is 0.321 e. The van der Waals surface area contributed by atoms with E-state index in [-0.39, 0.29) is 23.9 Å². The molecule has 7 nitrogen and oxygen atoms in total. The van der Waals surface area contributed by atoms with Crippen molar-refractivity contribution in [2.45, 2.75) is 58.5 Å². The van der Waals surface area contributed by atoms with E-state index in [0.29, 0.717) is 32.4 Å². The fraction of sp³-hybridized carbons (Fsp3) is 0.423. The van der Waals surface area contributed by atoms with Crippen molar-refractivity contribution in [3.63, 3.8) is 0 Å². The molecule has 0 radical (unpaired) electrons. The summed E-state index contributed by atoms with van der Waals surface area (Å²) in [6, 6.07) is 14.9. The van der Waals surface area contributed by atoms with Crippen LogP contribution in [0.25, 0.3) is 0 Å². The van der Waals surface area contributed by atoms with Gasteiger partial charge in [-0.15, -0.1) is 0 Å². The average Bonchev–Trinajstić information content (AvgIpc) is 2.80. The molecule has 2 aromatic rings. The molecular formula is C26H34N4O3. The first-order valence-electron chi connectivity index (χ1n) is 11.6. The highest BCUT2D eigenvalue weighted by Gasteiger charge is 2.27. The zero-order valence-corrected chi connectivity index (χ0v) is 19.7. The van der Waals surface area contributed by atoms with Crippen LogP contribution < -0.4 is 16.0 Å². The number of carbonyl (C=O) groups is 3. The van der Waals surface area contributed by atoms with Crippen molar-refractivity contribution in [1.29, 1.82) is 0 Å². The van der Waals surface area contributed by atoms with E-state index in [1.165, 1.54) is 6.92 Å². The van der Waals surface area contributed by atoms with E-state index in [1.54, 1.807) is 4.90 Å². The van der Waals surface area contributed by atoms with Crippen molar-refractivity contribution in [3.8, 4) is 0 Å². The number of piperidine rings is 1. The number of benzene rings is 2. The Morgan fingerprint density at radius 1 is 1.00 bits per heavy atom. The van der Waals surface area contributed by atoms with Crippen LogP contribution in [0.15, 0.2) is 48.5 Å². The summed E-state index contributed by atoms with van der Waals surface area (Å²) in [4.78, 5) is 39.2. The van der Waals surface area contributed by atoms with Gasteiger partial charge in [-0.2, -0.15) is 0 Å². The molecule has 3 rings (SSSR count). The topological polar surface area (TPSA) is 90.5 Å². The maximum Gasteiger partial charge on any atom is 0.321 e. The van der Waals surface area contributed by atoms with Gasteiger partial charge in [-0.05, 0) is 48.9 Å². The maximum absolute atomic E-state index is 13.0. The van der Waals surface area contributed by atoms with E-state index in [9.17, 15) is 14.4 Å². The Hall–Kier alpha value is -3.35. The molecule has 3 N–H and O–H groups in total. The molecule has 0 bridgehead atoms. The Morgan fingerprint density at radius 2 is 1.64 bits per heavy atom. The number of urea groups is 1. The molecule has 1 aliphatic rings. The van der Waals surface area contributed by atoms with Crippen molar-refractivity contribution in [2.75, 3.05) is 18.4 Å². The molecule has 0 spiro atoms. The largest absolute Gasteiger partial charge is 0.351 e. The van der Waals surface area contributed by atoms with Crippen molar-refractivity contribution in [3.05, 3.63) is 65.2 Å². The number of para-hydroxylation sites is 1. The Morgan fingerprint density at radius 3 is 2.27 bits per heavy atom. The van der Waals surface area contributed by atoms with Crippen LogP contribution in [0.5, 0.6) is 0 Å². The highest BCUT2D eigenvalue weighted by molar-refractivity contribution is 5.90. The van der Waals surface area contributed by atoms with Crippen LogP contribution in [-0.2, 0) is 22.4 Å². The second-order valence-electron chi connectivity index (χ2n) is 8.59. The first-order chi connectivity index (χ1) is 15.9. The number of hydrogen-bond donors (Lipinski definition) is 3. The van der Waals surface area contributed by atoms with Gasteiger partial charge in [0.1, 0.15) is 6.04 Å². The highest BCUT2D eigenvalue weighted by atomic mass is 16.2. The Labute approximate surface area is 195 Å². The minimum absolute atomic E-state index is 0.0300. The van der Waals surface area contributed by atoms with Gasteiger partial charge in [-0.1, -0.05) is 49.4 Å². The minimum atomic E-state index is -0.629. The van der Waals surface area contributed by atoms with E-state index >= 15 is 0 Å². The number of anilines is 1. The summed E-state index contributed by atoms with van der Waals surface area (Å²) >= 11 is 0. The molecule has 2 aromatic carbocycles. The van der Waals surface area contributed by atoms with Crippen LogP contribution in [0.4, 0.5) is 10.5 Å². The van der Waals surface area contributed by atoms with Crippen LogP contribution in [0.2, 0.25) is 0 Å². The highest BCUT2D eigenvalue weighted by Crippen LogP contribution is 2.18. The van der Waals surface area contributed by atoms with E-state index in [0.717, 1.165) is 28.8 Å². The summed E-state index contributed by atoms with van der Waals surface area (Å²) in [7, 11) is 0. The first kappa shape index (κ1) is 24.3. The molecule has 1 fully saturated rings. The summed E-state index contributed by atoms with van der Waals surface area (Å²) < 4.78 is 0. The number of carbonyl (C=O) groups excluding carboxylic acids is 3. The third-order valence-corrected chi connectivity index (χ3v) is 6.15. The number of rotatable bonds is 7. The monoisotopic (exact) mass is 450 g/mol. The minimum Gasteiger partial charge on any atom is -0.351 e. The van der Waals surface area contributed by atoms with Gasteiger partial charge in [-0.25, -0.2) is 4.79 Å². The molecule has 1 heterocycles. The van der Waals surface area contributed by atoms with Crippen molar-refractivity contribution in [2.24, 2.45) is 0 Å². The van der Waals surface area contributed by atoms with Gasteiger partial charge in [0.25, 0.3) is 0 Å². The second-order valence-corrected chi connectivity index (χ2v) is 8.59. The lowest BCUT2D eigenvalue weighted by Gasteiger charge is -2.33. The number of likely N-dealkylation sites (tertiary alicyclic amines) is 1. The molecule has 0 unspecified atom stereocenters. The SMILES string of the molecule is CCc1ccccc1NC(=O)N1CCC(NC(=O)[C@H](Cc2ccccc2C)NC(C)=O)CC1. The summed E-state index contributed by atoms with van der Waals surface area (Å²) in [6.07, 6.45) is 2.64. The maximum atomic E-state index is 13.0. The van der Waals surface area contributed by atoms with E-state index in [1.807, 2.05) is 55.5 Å². The lowest BCUT2D eigenvalue weighted by Crippen LogP contribution is -2.53. The average molecular weight is 451 g/mol. The lowest BCUT2D eigenvalue weighted by atomic mass is 9.99. The molecule has 7 heteroatoms. The van der Waals surface area contributed by atoms with Gasteiger partial charge in [-0.3, -0.25) is 9.59 Å². The van der Waals surface area contributed by atoms with Crippen LogP contribution in [0.1, 0.15) is 43.4 Å². The van der Waals surface area contributed by atoms with Gasteiger partial charge >= 0.3 is 6.03 Å². The van der Waals surface area contributed by atoms with Gasteiger partial charge in [0.05, 0.1) is 0 Å². The van der Waals surface area contributed by atoms with Gasteiger partial charge in [0.2, 0.25) is 11.8 Å². The van der Waals surface area contributed by atoms with Crippen LogP contribution in [-0.4, -0.2) is 47.9 Å². The molecular weight excluding hydrogens is 416 g/mol. The third kappa shape index (κ3) is 6.81. The number of nitrogens with zero attached hydrogens (tertiary/aromatic N) is 1. The number of aryl methyl sites for hydroxylation is 2. The van der Waals surface area contributed by atoms with Gasteiger partial charge < -0.3 is 20.9 Å². The predicted molar refractivity (Wildman–Crippen MR) is 130 cm³/mol. The van der Waals surface area contributed by atoms with Crippen LogP contribution in [0, 0.1) is 6.92 Å². The Kier molecular flexibility index (Phi) is 8.46. The molecule has 0 saturated carbocycles. The zero-order chi connectivity index (χ0) is 23.8. The normalized spacial score (nSPS) is 14.9. The summed E-state index contributed by atoms with van der Waals surface area (Å²) in [5.41, 5.74) is 4.07. The second kappa shape index (κ2) is 11.5. The van der Waals surface area contributed by atoms with Crippen molar-refractivity contribution < 1.29 is 14.4 Å². The first-order valence-corrected chi connectivity index (χ1v) is 11.6. The molecule has 1 atom stereocenters. The molecule has 176 valence electrons. The van der Waals surface area contributed by atoms with Crippen LogP contribution in [0.3, 0.4) is 0 Å². The quantitative estimate of drug-likeness (QED) is 0.604. The van der Waals surface area contributed by atoms with Gasteiger partial charge in [0, 0.05) is 38.2 Å². The molecule has 1 aliphatic heterocycles. The Bertz CT molecular complexity index is 983. The molecule has 1 saturated heterocycles. The fourth-order valence-corrected chi connectivity index (χ4v) is 4.19. The molecule has 4 amide bonds. The summed E-state index contributed by atoms with van der Waals surface area (Å²) in [6.45, 7) is 6.61. The number of nitrogens with one attached hydrogen (secondary N) is 3. The number of amides is 4. The van der Waals surface area contributed by atoms with Gasteiger partial charge in [0.15, 0.2) is 0 Å². The van der Waals surface area contributed by atoms with E-state index in [2.05, 4.69) is 22.9 Å². The zero-order valence-electron chi connectivity index (χ0n) is 19.7. The molecule has 0 aromatic heterocycles. The summed E-state index contributed by atoms with van der Waals surface area (Å²) in [5.74, 6) is -0.421. The molecule has 33 heavy (non-hydrogen) atoms. The predicted octanol–water partition coefficient (Wildman–Crippen LogP) is 3.42. The van der Waals surface area contributed by atoms with E-state index < -0.39 is 6.04 Å². The molecule has 0 aliphatic carbocycles.